The Hall–Kier alpha value is -1.20. The van der Waals surface area contributed by atoms with E-state index in [0.29, 0.717) is 18.0 Å². The van der Waals surface area contributed by atoms with Gasteiger partial charge in [-0.05, 0) is 51.0 Å². The highest BCUT2D eigenvalue weighted by Gasteiger charge is 2.46. The van der Waals surface area contributed by atoms with Crippen LogP contribution in [0.15, 0.2) is 29.2 Å². The van der Waals surface area contributed by atoms with Gasteiger partial charge in [0.15, 0.2) is 0 Å². The first-order chi connectivity index (χ1) is 9.84. The number of nitrogens with zero attached hydrogens (tertiary/aromatic N) is 1. The van der Waals surface area contributed by atoms with Crippen LogP contribution in [0.3, 0.4) is 0 Å². The molecule has 0 spiro atoms. The summed E-state index contributed by atoms with van der Waals surface area (Å²) in [5, 5.41) is 9.70. The molecule has 114 valence electrons. The molecule has 2 atom stereocenters. The molecule has 21 heavy (non-hydrogen) atoms. The van der Waals surface area contributed by atoms with Gasteiger partial charge in [-0.3, -0.25) is 4.79 Å². The van der Waals surface area contributed by atoms with E-state index in [2.05, 4.69) is 0 Å². The lowest BCUT2D eigenvalue weighted by molar-refractivity contribution is -0.155. The Morgan fingerprint density at radius 3 is 2.57 bits per heavy atom. The molecule has 1 amide bonds. The van der Waals surface area contributed by atoms with E-state index in [9.17, 15) is 14.7 Å². The number of carboxylic acid groups (broad SMARTS) is 1. The van der Waals surface area contributed by atoms with Gasteiger partial charge in [-0.1, -0.05) is 11.6 Å². The van der Waals surface area contributed by atoms with Crippen LogP contribution in [0.4, 0.5) is 0 Å². The van der Waals surface area contributed by atoms with Crippen LogP contribution >= 0.6 is 23.4 Å². The summed E-state index contributed by atoms with van der Waals surface area (Å²) in [5.74, 6) is -1.06. The molecule has 1 aliphatic rings. The third-order valence-corrected chi connectivity index (χ3v) is 5.19. The molecule has 0 saturated carbocycles. The molecule has 6 heteroatoms. The van der Waals surface area contributed by atoms with E-state index in [1.54, 1.807) is 19.1 Å². The fourth-order valence-corrected chi connectivity index (χ4v) is 3.58. The summed E-state index contributed by atoms with van der Waals surface area (Å²) in [7, 11) is 0. The number of aliphatic carboxylic acids is 1. The minimum Gasteiger partial charge on any atom is -0.480 e. The topological polar surface area (TPSA) is 57.6 Å². The van der Waals surface area contributed by atoms with Crippen molar-refractivity contribution in [2.24, 2.45) is 0 Å². The smallest absolute Gasteiger partial charge is 0.329 e. The maximum absolute atomic E-state index is 12.6. The maximum atomic E-state index is 12.6. The summed E-state index contributed by atoms with van der Waals surface area (Å²) in [5.41, 5.74) is -1.08. The predicted molar refractivity (Wildman–Crippen MR) is 83.8 cm³/mol. The molecule has 2 unspecified atom stereocenters. The Morgan fingerprint density at radius 2 is 2.00 bits per heavy atom. The van der Waals surface area contributed by atoms with Crippen molar-refractivity contribution in [3.8, 4) is 0 Å². The van der Waals surface area contributed by atoms with E-state index in [4.69, 9.17) is 11.6 Å². The average Bonchev–Trinajstić information content (AvgIpc) is 2.84. The van der Waals surface area contributed by atoms with Gasteiger partial charge < -0.3 is 10.0 Å². The standard InChI is InChI=1S/C15H18ClNO3S/c1-10(21-12-6-4-11(16)5-7-12)13(18)17-9-3-8-15(17,2)14(19)20/h4-7,10H,3,8-9H2,1-2H3,(H,19,20). The molecule has 1 aliphatic heterocycles. The van der Waals surface area contributed by atoms with Crippen molar-refractivity contribution < 1.29 is 14.7 Å². The summed E-state index contributed by atoms with van der Waals surface area (Å²) in [6.07, 6.45) is 1.24. The van der Waals surface area contributed by atoms with Crippen molar-refractivity contribution in [2.75, 3.05) is 6.54 Å². The Balaban J connectivity index is 2.08. The molecule has 1 aromatic rings. The molecule has 1 N–H and O–H groups in total. The number of amides is 1. The highest BCUT2D eigenvalue weighted by Crippen LogP contribution is 2.33. The largest absolute Gasteiger partial charge is 0.480 e. The number of carbonyl (C=O) groups excluding carboxylic acids is 1. The van der Waals surface area contributed by atoms with Crippen molar-refractivity contribution in [1.29, 1.82) is 0 Å². The minimum absolute atomic E-state index is 0.127. The van der Waals surface area contributed by atoms with Crippen LogP contribution in [0.25, 0.3) is 0 Å². The maximum Gasteiger partial charge on any atom is 0.329 e. The number of rotatable bonds is 4. The van der Waals surface area contributed by atoms with E-state index >= 15 is 0 Å². The Labute approximate surface area is 133 Å². The molecule has 0 radical (unpaired) electrons. The number of thioether (sulfide) groups is 1. The number of hydrogen-bond donors (Lipinski definition) is 1. The highest BCUT2D eigenvalue weighted by molar-refractivity contribution is 8.00. The van der Waals surface area contributed by atoms with E-state index in [1.165, 1.54) is 16.7 Å². The molecule has 1 aromatic carbocycles. The highest BCUT2D eigenvalue weighted by atomic mass is 35.5. The summed E-state index contributed by atoms with van der Waals surface area (Å²) >= 11 is 7.25. The van der Waals surface area contributed by atoms with Gasteiger partial charge in [-0.2, -0.15) is 0 Å². The zero-order valence-corrected chi connectivity index (χ0v) is 13.6. The summed E-state index contributed by atoms with van der Waals surface area (Å²) in [6, 6.07) is 7.27. The van der Waals surface area contributed by atoms with Gasteiger partial charge >= 0.3 is 5.97 Å². The second-order valence-corrected chi connectivity index (χ2v) is 7.24. The van der Waals surface area contributed by atoms with Crippen LogP contribution in [0.5, 0.6) is 0 Å². The van der Waals surface area contributed by atoms with Crippen LogP contribution in [0.1, 0.15) is 26.7 Å². The number of likely N-dealkylation sites (tertiary alicyclic amines) is 1. The molecular formula is C15H18ClNO3S. The molecule has 4 nitrogen and oxygen atoms in total. The normalized spacial score (nSPS) is 23.1. The van der Waals surface area contributed by atoms with E-state index in [-0.39, 0.29) is 11.2 Å². The minimum atomic E-state index is -1.08. The van der Waals surface area contributed by atoms with Gasteiger partial charge in [0.25, 0.3) is 0 Å². The molecule has 2 rings (SSSR count). The first-order valence-corrected chi connectivity index (χ1v) is 8.07. The van der Waals surface area contributed by atoms with Crippen molar-refractivity contribution in [2.45, 2.75) is 42.4 Å². The van der Waals surface area contributed by atoms with Gasteiger partial charge in [0.1, 0.15) is 5.54 Å². The fourth-order valence-electron chi connectivity index (χ4n) is 2.53. The zero-order valence-electron chi connectivity index (χ0n) is 12.0. The van der Waals surface area contributed by atoms with Gasteiger partial charge in [-0.25, -0.2) is 4.79 Å². The lowest BCUT2D eigenvalue weighted by Gasteiger charge is -2.33. The lowest BCUT2D eigenvalue weighted by Crippen LogP contribution is -2.52. The molecular weight excluding hydrogens is 310 g/mol. The molecule has 0 aromatic heterocycles. The second kappa shape index (κ2) is 6.28. The van der Waals surface area contributed by atoms with Crippen molar-refractivity contribution in [3.05, 3.63) is 29.3 Å². The summed E-state index contributed by atoms with van der Waals surface area (Å²) in [6.45, 7) is 3.94. The molecule has 1 saturated heterocycles. The Kier molecular flexibility index (Phi) is 4.84. The van der Waals surface area contributed by atoms with Gasteiger partial charge in [0.2, 0.25) is 5.91 Å². The summed E-state index contributed by atoms with van der Waals surface area (Å²) in [4.78, 5) is 26.4. The van der Waals surface area contributed by atoms with Gasteiger partial charge in [-0.15, -0.1) is 11.8 Å². The van der Waals surface area contributed by atoms with Crippen LogP contribution in [0.2, 0.25) is 5.02 Å². The quantitative estimate of drug-likeness (QED) is 0.862. The number of halogens is 1. The number of hydrogen-bond acceptors (Lipinski definition) is 3. The van der Waals surface area contributed by atoms with E-state index < -0.39 is 11.5 Å². The van der Waals surface area contributed by atoms with E-state index in [0.717, 1.165) is 11.3 Å². The number of carbonyl (C=O) groups is 2. The number of benzene rings is 1. The average molecular weight is 328 g/mol. The van der Waals surface area contributed by atoms with Crippen molar-refractivity contribution in [1.82, 2.24) is 4.90 Å². The van der Waals surface area contributed by atoms with Crippen molar-refractivity contribution >= 4 is 35.2 Å². The van der Waals surface area contributed by atoms with Gasteiger partial charge in [0.05, 0.1) is 5.25 Å². The predicted octanol–water partition coefficient (Wildman–Crippen LogP) is 3.29. The third kappa shape index (κ3) is 3.35. The molecule has 1 fully saturated rings. The Morgan fingerprint density at radius 1 is 1.38 bits per heavy atom. The zero-order chi connectivity index (χ0) is 15.6. The fraction of sp³-hybridized carbons (Fsp3) is 0.467. The van der Waals surface area contributed by atoms with Crippen molar-refractivity contribution in [3.63, 3.8) is 0 Å². The molecule has 0 bridgehead atoms. The monoisotopic (exact) mass is 327 g/mol. The third-order valence-electron chi connectivity index (χ3n) is 3.84. The Bertz CT molecular complexity index is 548. The van der Waals surface area contributed by atoms with Crippen LogP contribution in [0, 0.1) is 0 Å². The molecule has 1 heterocycles. The van der Waals surface area contributed by atoms with Gasteiger partial charge in [0, 0.05) is 16.5 Å². The molecule has 0 aliphatic carbocycles. The van der Waals surface area contributed by atoms with Crippen LogP contribution in [-0.4, -0.2) is 39.2 Å². The van der Waals surface area contributed by atoms with Crippen LogP contribution in [-0.2, 0) is 9.59 Å². The first kappa shape index (κ1) is 16.2. The summed E-state index contributed by atoms with van der Waals surface area (Å²) < 4.78 is 0. The second-order valence-electron chi connectivity index (χ2n) is 5.39. The van der Waals surface area contributed by atoms with Crippen LogP contribution < -0.4 is 0 Å². The number of carboxylic acids is 1. The SMILES string of the molecule is CC(Sc1ccc(Cl)cc1)C(=O)N1CCCC1(C)C(=O)O. The lowest BCUT2D eigenvalue weighted by atomic mass is 9.99. The first-order valence-electron chi connectivity index (χ1n) is 6.82. The van der Waals surface area contributed by atoms with E-state index in [1.807, 2.05) is 19.1 Å².